The normalized spacial score (nSPS) is 32.0. The zero-order valence-corrected chi connectivity index (χ0v) is 27.2. The molecule has 1 fully saturated rings. The molecule has 3 heterocycles. The Morgan fingerprint density at radius 2 is 1.89 bits per heavy atom. The van der Waals surface area contributed by atoms with E-state index in [1.54, 1.807) is 38.2 Å². The van der Waals surface area contributed by atoms with Crippen LogP contribution in [0.25, 0.3) is 0 Å². The number of nitrogens with zero attached hydrogens (tertiary/aromatic N) is 4. The van der Waals surface area contributed by atoms with Gasteiger partial charge in [-0.3, -0.25) is 4.79 Å². The van der Waals surface area contributed by atoms with Crippen molar-refractivity contribution in [2.45, 2.75) is 77.4 Å². The third-order valence-corrected chi connectivity index (χ3v) is 8.78. The van der Waals surface area contributed by atoms with Gasteiger partial charge in [-0.25, -0.2) is 19.8 Å². The van der Waals surface area contributed by atoms with Crippen LogP contribution < -0.4 is 16.4 Å². The number of methoxy groups -OCH3 is 2. The van der Waals surface area contributed by atoms with Crippen LogP contribution >= 0.6 is 0 Å². The lowest BCUT2D eigenvalue weighted by atomic mass is 9.88. The summed E-state index contributed by atoms with van der Waals surface area (Å²) in [6.45, 7) is 7.83. The fourth-order valence-corrected chi connectivity index (χ4v) is 6.01. The number of aromatic hydroxyl groups is 1. The minimum Gasteiger partial charge on any atom is -0.505 e. The van der Waals surface area contributed by atoms with Gasteiger partial charge >= 0.3 is 6.09 Å². The Kier molecular flexibility index (Phi) is 11.5. The third-order valence-electron chi connectivity index (χ3n) is 8.78. The van der Waals surface area contributed by atoms with Gasteiger partial charge in [0.2, 0.25) is 5.96 Å². The number of aliphatic hydroxyl groups excluding tert-OH is 2. The van der Waals surface area contributed by atoms with Gasteiger partial charge in [-0.2, -0.15) is 0 Å². The van der Waals surface area contributed by atoms with Crippen LogP contribution in [0.4, 0.5) is 10.5 Å². The van der Waals surface area contributed by atoms with Crippen molar-refractivity contribution < 1.29 is 39.1 Å². The van der Waals surface area contributed by atoms with Gasteiger partial charge in [0.1, 0.15) is 17.2 Å². The molecule has 2 amide bonds. The van der Waals surface area contributed by atoms with Crippen molar-refractivity contribution in [3.8, 4) is 5.75 Å². The molecule has 46 heavy (non-hydrogen) atoms. The Balaban J connectivity index is 1.83. The van der Waals surface area contributed by atoms with Crippen molar-refractivity contribution in [3.05, 3.63) is 57.8 Å². The van der Waals surface area contributed by atoms with E-state index in [4.69, 9.17) is 24.9 Å². The first kappa shape index (κ1) is 35.0. The molecule has 1 unspecified atom stereocenters. The van der Waals surface area contributed by atoms with Gasteiger partial charge in [0, 0.05) is 37.8 Å². The van der Waals surface area contributed by atoms with Gasteiger partial charge in [-0.1, -0.05) is 38.2 Å². The number of benzene rings is 1. The number of guanidine groups is 1. The Morgan fingerprint density at radius 3 is 2.50 bits per heavy atom. The van der Waals surface area contributed by atoms with E-state index in [-0.39, 0.29) is 35.2 Å². The number of carbonyl (C=O) groups excluding carboxylic acids is 2. The second-order valence-electron chi connectivity index (χ2n) is 12.2. The lowest BCUT2D eigenvalue weighted by molar-refractivity contribution is -0.114. The van der Waals surface area contributed by atoms with Crippen molar-refractivity contribution in [2.75, 3.05) is 27.4 Å². The molecule has 0 radical (unpaired) electrons. The average molecular weight is 640 g/mol. The van der Waals surface area contributed by atoms with Crippen LogP contribution in [0.3, 0.4) is 0 Å². The number of hydrogen-bond acceptors (Lipinski definition) is 11. The summed E-state index contributed by atoms with van der Waals surface area (Å²) in [5.41, 5.74) is 7.21. The molecule has 250 valence electrons. The number of fused-ring (bicyclic) bond motifs is 4. The average Bonchev–Trinajstić information content (AvgIpc) is 3.40. The number of amides is 2. The SMILES string of the molecule is CO[C@H]1/C=C\C=C(/C)C(=O)N=c2cc3c(c(c2O)C[C@@H](C)C[C@H](OC)[C@H](O)[C@@H](C)/C=C(\C)[C@@H]1OC(N)=O)=NC(N1CCC1CO)=N3. The molecule has 0 aromatic heterocycles. The van der Waals surface area contributed by atoms with Crippen molar-refractivity contribution in [1.82, 2.24) is 4.90 Å². The fraction of sp³-hybridized carbons (Fsp3) is 0.545. The van der Waals surface area contributed by atoms with Crippen molar-refractivity contribution in [3.63, 3.8) is 0 Å². The highest BCUT2D eigenvalue weighted by Gasteiger charge is 2.33. The third kappa shape index (κ3) is 7.72. The summed E-state index contributed by atoms with van der Waals surface area (Å²) in [6.07, 6.45) is 3.95. The van der Waals surface area contributed by atoms with Crippen LogP contribution in [0.2, 0.25) is 0 Å². The summed E-state index contributed by atoms with van der Waals surface area (Å²) in [6, 6.07) is 1.46. The van der Waals surface area contributed by atoms with Gasteiger partial charge in [-0.15, -0.1) is 0 Å². The predicted octanol–water partition coefficient (Wildman–Crippen LogP) is 1.75. The monoisotopic (exact) mass is 639 g/mol. The first-order valence-corrected chi connectivity index (χ1v) is 15.4. The maximum absolute atomic E-state index is 13.2. The Bertz CT molecular complexity index is 1570. The minimum absolute atomic E-state index is 0.0208. The van der Waals surface area contributed by atoms with E-state index in [1.807, 2.05) is 18.7 Å². The minimum atomic E-state index is -0.987. The summed E-state index contributed by atoms with van der Waals surface area (Å²) in [5, 5.41) is 33.1. The number of nitrogens with two attached hydrogens (primary N) is 1. The zero-order valence-electron chi connectivity index (χ0n) is 27.2. The molecule has 2 bridgehead atoms. The topological polar surface area (TPSA) is 189 Å². The van der Waals surface area contributed by atoms with Crippen LogP contribution in [0.5, 0.6) is 5.75 Å². The van der Waals surface area contributed by atoms with E-state index in [9.17, 15) is 24.9 Å². The summed E-state index contributed by atoms with van der Waals surface area (Å²) in [5.74, 6) is -0.843. The van der Waals surface area contributed by atoms with Crippen LogP contribution in [0, 0.1) is 11.8 Å². The highest BCUT2D eigenvalue weighted by atomic mass is 16.6. The summed E-state index contributed by atoms with van der Waals surface area (Å²) in [4.78, 5) is 40.6. The second-order valence-corrected chi connectivity index (χ2v) is 12.2. The highest BCUT2D eigenvalue weighted by molar-refractivity contribution is 5.94. The fourth-order valence-electron chi connectivity index (χ4n) is 6.01. The number of aliphatic imine (C=N–C) groups is 1. The molecule has 1 saturated heterocycles. The van der Waals surface area contributed by atoms with E-state index in [2.05, 4.69) is 9.98 Å². The lowest BCUT2D eigenvalue weighted by Crippen LogP contribution is -2.52. The summed E-state index contributed by atoms with van der Waals surface area (Å²) < 4.78 is 16.7. The molecule has 1 aromatic rings. The maximum atomic E-state index is 13.2. The summed E-state index contributed by atoms with van der Waals surface area (Å²) in [7, 11) is 2.98. The van der Waals surface area contributed by atoms with Gasteiger partial charge in [-0.05, 0) is 50.7 Å². The second kappa shape index (κ2) is 15.1. The molecule has 13 nitrogen and oxygen atoms in total. The van der Waals surface area contributed by atoms with E-state index in [1.165, 1.54) is 20.3 Å². The molecule has 0 saturated carbocycles. The van der Waals surface area contributed by atoms with Crippen LogP contribution in [0.1, 0.15) is 46.1 Å². The number of likely N-dealkylation sites (tertiary alicyclic amines) is 1. The molecular formula is C33H45N5O8. The first-order chi connectivity index (χ1) is 21.9. The number of primary amides is 1. The van der Waals surface area contributed by atoms with E-state index in [0.717, 1.165) is 6.42 Å². The van der Waals surface area contributed by atoms with E-state index in [0.29, 0.717) is 47.5 Å². The Labute approximate surface area is 268 Å². The molecule has 13 heteroatoms. The van der Waals surface area contributed by atoms with Crippen molar-refractivity contribution in [2.24, 2.45) is 32.5 Å². The van der Waals surface area contributed by atoms with Gasteiger partial charge in [0.25, 0.3) is 5.91 Å². The maximum Gasteiger partial charge on any atom is 0.405 e. The highest BCUT2D eigenvalue weighted by Crippen LogP contribution is 2.28. The number of carbonyl (C=O) groups is 2. The Morgan fingerprint density at radius 1 is 1.15 bits per heavy atom. The van der Waals surface area contributed by atoms with Crippen molar-refractivity contribution >= 4 is 23.6 Å². The van der Waals surface area contributed by atoms with Crippen LogP contribution in [-0.4, -0.2) is 96.0 Å². The molecule has 1 aromatic carbocycles. The molecule has 0 spiro atoms. The van der Waals surface area contributed by atoms with Crippen LogP contribution in [-0.2, 0) is 25.4 Å². The number of phenols is 1. The van der Waals surface area contributed by atoms with E-state index >= 15 is 0 Å². The standard InChI is InChI=1S/C33H45N5O8/c1-17-12-22-27-23(36-33(37-27)38-11-10-21(38)16-39)15-24(29(22)41)35-31(42)18(2)8-7-9-25(44-5)30(46-32(34)43)20(4)14-19(3)28(40)26(13-17)45-6/h7-9,14-15,17,19,21,25-26,28,30,39-41H,10-13,16H2,1-6H3,(H2,34,43)/b9-7-,18-8+,20-14+,35-24?/t17-,19+,21?,25+,26+,28-,30+/m1/s1. The smallest absolute Gasteiger partial charge is 0.405 e. The molecule has 3 aliphatic heterocycles. The quantitative estimate of drug-likeness (QED) is 0.356. The number of hydrogen-bond donors (Lipinski definition) is 4. The summed E-state index contributed by atoms with van der Waals surface area (Å²) >= 11 is 0. The largest absolute Gasteiger partial charge is 0.505 e. The van der Waals surface area contributed by atoms with Crippen molar-refractivity contribution in [1.29, 1.82) is 0 Å². The number of allylic oxidation sites excluding steroid dienone is 2. The van der Waals surface area contributed by atoms with Crippen LogP contribution in [0.15, 0.2) is 56.5 Å². The Hall–Kier alpha value is -3.91. The number of aliphatic hydroxyl groups is 2. The van der Waals surface area contributed by atoms with Gasteiger partial charge < -0.3 is 40.2 Å². The number of phenolic OH excluding ortho intramolecular Hbond substituents is 1. The lowest BCUT2D eigenvalue weighted by Gasteiger charge is -2.39. The van der Waals surface area contributed by atoms with Gasteiger partial charge in [0.05, 0.1) is 35.9 Å². The molecule has 0 aliphatic carbocycles. The zero-order chi connectivity index (χ0) is 33.7. The predicted molar refractivity (Wildman–Crippen MR) is 170 cm³/mol. The molecular weight excluding hydrogens is 594 g/mol. The molecule has 7 atom stereocenters. The first-order valence-electron chi connectivity index (χ1n) is 15.4. The van der Waals surface area contributed by atoms with E-state index < -0.39 is 42.3 Å². The number of ether oxygens (including phenoxy) is 3. The van der Waals surface area contributed by atoms with Gasteiger partial charge in [0.15, 0.2) is 6.10 Å². The molecule has 4 rings (SSSR count). The number of rotatable bonds is 4. The molecule has 5 N–H and O–H groups in total. The molecule has 3 aliphatic rings.